The van der Waals surface area contributed by atoms with Gasteiger partial charge < -0.3 is 5.32 Å². The Morgan fingerprint density at radius 3 is 2.53 bits per heavy atom. The third-order valence-electron chi connectivity index (χ3n) is 3.65. The van der Waals surface area contributed by atoms with Gasteiger partial charge in [-0.15, -0.1) is 0 Å². The predicted octanol–water partition coefficient (Wildman–Crippen LogP) is 2.95. The van der Waals surface area contributed by atoms with Crippen LogP contribution < -0.4 is 5.32 Å². The summed E-state index contributed by atoms with van der Waals surface area (Å²) in [7, 11) is 0. The van der Waals surface area contributed by atoms with Gasteiger partial charge in [0.1, 0.15) is 5.54 Å². The molecule has 0 aromatic rings. The predicted molar refractivity (Wildman–Crippen MR) is 64.2 cm³/mol. The monoisotopic (exact) mass is 267 g/mol. The van der Waals surface area contributed by atoms with E-state index >= 15 is 0 Å². The molecule has 19 heavy (non-hydrogen) atoms. The lowest BCUT2D eigenvalue weighted by molar-refractivity contribution is -0.187. The van der Waals surface area contributed by atoms with Crippen molar-refractivity contribution in [3.8, 4) is 0 Å². The van der Waals surface area contributed by atoms with Crippen molar-refractivity contribution in [3.05, 3.63) is 46.1 Å². The Bertz CT molecular complexity index is 615. The molecule has 3 rings (SSSR count). The first-order valence-electron chi connectivity index (χ1n) is 5.97. The maximum atomic E-state index is 12.7. The lowest BCUT2D eigenvalue weighted by atomic mass is 9.99. The Balaban J connectivity index is 1.76. The normalized spacial score (nSPS) is 20.6. The smallest absolute Gasteiger partial charge is 0.338 e. The van der Waals surface area contributed by atoms with Crippen molar-refractivity contribution in [3.63, 3.8) is 0 Å². The maximum Gasteiger partial charge on any atom is 0.410 e. The summed E-state index contributed by atoms with van der Waals surface area (Å²) in [4.78, 5) is 12.0. The first kappa shape index (κ1) is 12.3. The van der Waals surface area contributed by atoms with Gasteiger partial charge >= 0.3 is 6.18 Å². The molecule has 0 aliphatic heterocycles. The van der Waals surface area contributed by atoms with Gasteiger partial charge in [0.25, 0.3) is 5.91 Å². The lowest BCUT2D eigenvalue weighted by Gasteiger charge is -2.29. The summed E-state index contributed by atoms with van der Waals surface area (Å²) >= 11 is 0. The molecule has 0 saturated heterocycles. The van der Waals surface area contributed by atoms with E-state index in [-0.39, 0.29) is 0 Å². The molecule has 0 spiro atoms. The molecule has 0 atom stereocenters. The minimum atomic E-state index is -4.48. The molecule has 0 radical (unpaired) electrons. The second-order valence-corrected chi connectivity index (χ2v) is 5.48. The van der Waals surface area contributed by atoms with Crippen molar-refractivity contribution >= 4 is 5.91 Å². The zero-order valence-electron chi connectivity index (χ0n) is 10.5. The van der Waals surface area contributed by atoms with E-state index in [4.69, 9.17) is 0 Å². The average Bonchev–Trinajstić information content (AvgIpc) is 2.75. The highest BCUT2D eigenvalue weighted by Gasteiger charge is 2.49. The van der Waals surface area contributed by atoms with Crippen molar-refractivity contribution in [1.29, 1.82) is 0 Å². The van der Waals surface area contributed by atoms with Crippen LogP contribution in [0.4, 0.5) is 13.2 Å². The van der Waals surface area contributed by atoms with Crippen LogP contribution in [0.15, 0.2) is 46.1 Å². The zero-order valence-corrected chi connectivity index (χ0v) is 10.5. The zero-order chi connectivity index (χ0) is 14.0. The van der Waals surface area contributed by atoms with Crippen molar-refractivity contribution in [2.75, 3.05) is 0 Å². The molecule has 2 nitrogen and oxygen atoms in total. The molecule has 1 N–H and O–H groups in total. The molecule has 3 aliphatic rings. The van der Waals surface area contributed by atoms with E-state index in [9.17, 15) is 18.0 Å². The van der Waals surface area contributed by atoms with Crippen LogP contribution in [0.1, 0.15) is 20.3 Å². The summed E-state index contributed by atoms with van der Waals surface area (Å²) in [6.07, 6.45) is 1.74. The molecule has 0 unspecified atom stereocenters. The van der Waals surface area contributed by atoms with Gasteiger partial charge in [-0.25, -0.2) is 0 Å². The van der Waals surface area contributed by atoms with Crippen LogP contribution >= 0.6 is 0 Å². The summed E-state index contributed by atoms with van der Waals surface area (Å²) in [6, 6.07) is 0. The Hall–Kier alpha value is -1.78. The number of carbonyl (C=O) groups excluding carboxylic acids is 1. The fourth-order valence-electron chi connectivity index (χ4n) is 2.26. The number of hydrogen-bond acceptors (Lipinski definition) is 1. The minimum absolute atomic E-state index is 0.319. The number of carbonyl (C=O) groups is 1. The Morgan fingerprint density at radius 1 is 1.21 bits per heavy atom. The Kier molecular flexibility index (Phi) is 2.20. The van der Waals surface area contributed by atoms with Crippen LogP contribution in [0.3, 0.4) is 0 Å². The standard InChI is InChI=1S/C14H12F3NO/c1-13(2,14(15,16)17)18-12(19)9-4-3-8-10-5-7(10)6-11(8)9/h3-4,6H,5H2,1-2H3,(H,18,19). The van der Waals surface area contributed by atoms with Gasteiger partial charge in [0.15, 0.2) is 0 Å². The van der Waals surface area contributed by atoms with Crippen LogP contribution in [-0.4, -0.2) is 17.6 Å². The molecule has 3 aliphatic carbocycles. The average molecular weight is 267 g/mol. The largest absolute Gasteiger partial charge is 0.410 e. The summed E-state index contributed by atoms with van der Waals surface area (Å²) in [5.74, 6) is -0.678. The first-order valence-corrected chi connectivity index (χ1v) is 5.97. The van der Waals surface area contributed by atoms with E-state index < -0.39 is 17.6 Å². The molecule has 0 heterocycles. The molecular formula is C14H12F3NO. The first-order chi connectivity index (χ1) is 8.71. The van der Waals surface area contributed by atoms with Crippen LogP contribution in [0.25, 0.3) is 0 Å². The molecular weight excluding hydrogens is 255 g/mol. The molecule has 100 valence electrons. The number of amides is 1. The van der Waals surface area contributed by atoms with E-state index in [1.807, 2.05) is 6.08 Å². The van der Waals surface area contributed by atoms with Gasteiger partial charge in [-0.2, -0.15) is 13.2 Å². The molecule has 0 saturated carbocycles. The number of rotatable bonds is 2. The van der Waals surface area contributed by atoms with Gasteiger partial charge in [0.05, 0.1) is 0 Å². The third kappa shape index (κ3) is 1.76. The summed E-state index contributed by atoms with van der Waals surface area (Å²) in [6.45, 7) is 1.91. The quantitative estimate of drug-likeness (QED) is 0.818. The van der Waals surface area contributed by atoms with E-state index in [1.54, 1.807) is 12.2 Å². The Labute approximate surface area is 108 Å². The SMILES string of the molecule is CC(C)(NC(=O)C1=CC=C2C1=CC1=C2C1)C(F)(F)F. The van der Waals surface area contributed by atoms with Crippen molar-refractivity contribution < 1.29 is 18.0 Å². The minimum Gasteiger partial charge on any atom is -0.338 e. The highest BCUT2D eigenvalue weighted by molar-refractivity contribution is 6.03. The second-order valence-electron chi connectivity index (χ2n) is 5.48. The number of alkyl halides is 3. The van der Waals surface area contributed by atoms with Gasteiger partial charge in [-0.3, -0.25) is 4.79 Å². The second kappa shape index (κ2) is 3.40. The van der Waals surface area contributed by atoms with Crippen molar-refractivity contribution in [1.82, 2.24) is 5.32 Å². The van der Waals surface area contributed by atoms with Gasteiger partial charge in [0, 0.05) is 5.57 Å². The van der Waals surface area contributed by atoms with Crippen LogP contribution in [0.5, 0.6) is 0 Å². The summed E-state index contributed by atoms with van der Waals surface area (Å²) in [5.41, 5.74) is 2.23. The highest BCUT2D eigenvalue weighted by atomic mass is 19.4. The number of hydrogen-bond donors (Lipinski definition) is 1. The van der Waals surface area contributed by atoms with Gasteiger partial charge in [0.2, 0.25) is 0 Å². The van der Waals surface area contributed by atoms with Crippen LogP contribution in [-0.2, 0) is 4.79 Å². The third-order valence-corrected chi connectivity index (χ3v) is 3.65. The van der Waals surface area contributed by atoms with Gasteiger partial charge in [-0.1, -0.05) is 6.08 Å². The van der Waals surface area contributed by atoms with E-state index in [0.717, 1.165) is 31.4 Å². The highest BCUT2D eigenvalue weighted by Crippen LogP contribution is 2.51. The molecule has 5 heteroatoms. The van der Waals surface area contributed by atoms with Crippen LogP contribution in [0.2, 0.25) is 0 Å². The summed E-state index contributed by atoms with van der Waals surface area (Å²) in [5, 5.41) is 2.06. The van der Waals surface area contributed by atoms with E-state index in [0.29, 0.717) is 5.57 Å². The molecule has 0 fully saturated rings. The fraction of sp³-hybridized carbons (Fsp3) is 0.357. The van der Waals surface area contributed by atoms with Crippen molar-refractivity contribution in [2.45, 2.75) is 32.0 Å². The maximum absolute atomic E-state index is 12.7. The molecule has 0 bridgehead atoms. The number of fused-ring (bicyclic) bond motifs is 2. The molecule has 1 amide bonds. The Morgan fingerprint density at radius 2 is 1.89 bits per heavy atom. The lowest BCUT2D eigenvalue weighted by Crippen LogP contribution is -2.54. The summed E-state index contributed by atoms with van der Waals surface area (Å²) < 4.78 is 38.2. The number of halogens is 3. The number of allylic oxidation sites excluding steroid dienone is 6. The molecule has 0 aromatic carbocycles. The van der Waals surface area contributed by atoms with Crippen LogP contribution in [0, 0.1) is 0 Å². The van der Waals surface area contributed by atoms with E-state index in [1.165, 1.54) is 11.1 Å². The number of nitrogens with one attached hydrogen (secondary N) is 1. The van der Waals surface area contributed by atoms with E-state index in [2.05, 4.69) is 5.32 Å². The fourth-order valence-corrected chi connectivity index (χ4v) is 2.26. The van der Waals surface area contributed by atoms with Gasteiger partial charge in [-0.05, 0) is 54.7 Å². The van der Waals surface area contributed by atoms with Crippen molar-refractivity contribution in [2.24, 2.45) is 0 Å². The molecule has 0 aromatic heterocycles. The topological polar surface area (TPSA) is 29.1 Å².